The van der Waals surface area contributed by atoms with Gasteiger partial charge in [-0.3, -0.25) is 4.79 Å². The van der Waals surface area contributed by atoms with Crippen molar-refractivity contribution < 1.29 is 19.1 Å². The first-order chi connectivity index (χ1) is 14.5. The molecule has 0 saturated carbocycles. The maximum atomic E-state index is 13.3. The Balaban J connectivity index is 1.89. The third-order valence-corrected chi connectivity index (χ3v) is 5.53. The van der Waals surface area contributed by atoms with E-state index >= 15 is 0 Å². The van der Waals surface area contributed by atoms with Crippen LogP contribution in [0.1, 0.15) is 34.3 Å². The Kier molecular flexibility index (Phi) is 5.06. The zero-order valence-electron chi connectivity index (χ0n) is 16.3. The third-order valence-electron chi connectivity index (χ3n) is 5.24. The van der Waals surface area contributed by atoms with E-state index in [9.17, 15) is 9.59 Å². The number of nitrogens with zero attached hydrogens (tertiary/aromatic N) is 1. The highest BCUT2D eigenvalue weighted by Crippen LogP contribution is 2.47. The molecule has 1 atom stereocenters. The van der Waals surface area contributed by atoms with Crippen LogP contribution >= 0.6 is 11.6 Å². The largest absolute Gasteiger partial charge is 0.477 e. The molecule has 4 rings (SSSR count). The van der Waals surface area contributed by atoms with E-state index in [-0.39, 0.29) is 17.4 Å². The molecule has 0 saturated heterocycles. The van der Waals surface area contributed by atoms with Crippen LogP contribution in [0, 0.1) is 11.3 Å². The number of Topliss-reactive ketones (excluding diaryl/α,β-unsaturated/α-hetero) is 1. The van der Waals surface area contributed by atoms with Crippen LogP contribution < -0.4 is 10.1 Å². The van der Waals surface area contributed by atoms with Crippen LogP contribution in [0.2, 0.25) is 5.02 Å². The Morgan fingerprint density at radius 1 is 1.23 bits per heavy atom. The summed E-state index contributed by atoms with van der Waals surface area (Å²) in [6, 6.07) is 14.2. The Hall–Kier alpha value is -3.56. The highest BCUT2D eigenvalue weighted by Gasteiger charge is 2.42. The molecule has 1 aliphatic heterocycles. The number of ketones is 1. The van der Waals surface area contributed by atoms with Gasteiger partial charge >= 0.3 is 5.97 Å². The van der Waals surface area contributed by atoms with E-state index in [0.29, 0.717) is 39.4 Å². The number of allylic oxidation sites excluding steroid dienone is 2. The minimum Gasteiger partial charge on any atom is -0.477 e. The first-order valence-electron chi connectivity index (χ1n) is 9.21. The molecule has 6 nitrogen and oxygen atoms in total. The van der Waals surface area contributed by atoms with Gasteiger partial charge in [-0.15, -0.1) is 0 Å². The summed E-state index contributed by atoms with van der Waals surface area (Å²) >= 11 is 6.37. The number of nitriles is 1. The van der Waals surface area contributed by atoms with Crippen molar-refractivity contribution in [2.75, 3.05) is 13.7 Å². The molecule has 30 heavy (non-hydrogen) atoms. The lowest BCUT2D eigenvalue weighted by atomic mass is 9.80. The van der Waals surface area contributed by atoms with Crippen LogP contribution in [0.4, 0.5) is 0 Å². The summed E-state index contributed by atoms with van der Waals surface area (Å²) in [4.78, 5) is 26.0. The number of hydrogen-bond donors (Lipinski definition) is 1. The first-order valence-corrected chi connectivity index (χ1v) is 9.59. The first kappa shape index (κ1) is 19.7. The van der Waals surface area contributed by atoms with Crippen molar-refractivity contribution in [1.29, 1.82) is 5.26 Å². The second-order valence-corrected chi connectivity index (χ2v) is 7.30. The fraction of sp³-hybridized carbons (Fsp3) is 0.174. The van der Waals surface area contributed by atoms with Gasteiger partial charge in [0, 0.05) is 28.3 Å². The van der Waals surface area contributed by atoms with Gasteiger partial charge in [0.15, 0.2) is 12.4 Å². The van der Waals surface area contributed by atoms with Crippen LogP contribution in [0.15, 0.2) is 59.3 Å². The summed E-state index contributed by atoms with van der Waals surface area (Å²) in [6.45, 7) is 1.64. The lowest BCUT2D eigenvalue weighted by Gasteiger charge is -2.29. The van der Waals surface area contributed by atoms with Crippen LogP contribution in [-0.4, -0.2) is 25.5 Å². The van der Waals surface area contributed by atoms with Crippen molar-refractivity contribution in [2.45, 2.75) is 12.8 Å². The van der Waals surface area contributed by atoms with Crippen LogP contribution in [0.25, 0.3) is 5.70 Å². The van der Waals surface area contributed by atoms with Crippen LogP contribution in [0.3, 0.4) is 0 Å². The summed E-state index contributed by atoms with van der Waals surface area (Å²) < 4.78 is 10.3. The highest BCUT2D eigenvalue weighted by molar-refractivity contribution is 6.32. The molecule has 2 aliphatic rings. The van der Waals surface area contributed by atoms with E-state index in [0.717, 1.165) is 5.56 Å². The second-order valence-electron chi connectivity index (χ2n) is 6.89. The van der Waals surface area contributed by atoms with E-state index in [1.807, 2.05) is 24.3 Å². The lowest BCUT2D eigenvalue weighted by molar-refractivity contribution is -0.136. The molecule has 150 valence electrons. The van der Waals surface area contributed by atoms with Crippen molar-refractivity contribution in [1.82, 2.24) is 5.32 Å². The Bertz CT molecular complexity index is 1190. The normalized spacial score (nSPS) is 17.1. The second kappa shape index (κ2) is 7.69. The molecule has 1 heterocycles. The number of esters is 1. The van der Waals surface area contributed by atoms with Gasteiger partial charge in [-0.25, -0.2) is 4.79 Å². The predicted molar refractivity (Wildman–Crippen MR) is 111 cm³/mol. The van der Waals surface area contributed by atoms with Crippen molar-refractivity contribution >= 4 is 29.1 Å². The monoisotopic (exact) mass is 420 g/mol. The third kappa shape index (κ3) is 3.04. The number of hydrogen-bond acceptors (Lipinski definition) is 6. The summed E-state index contributed by atoms with van der Waals surface area (Å²) in [6.07, 6.45) is 0. The minimum atomic E-state index is -0.656. The molecule has 0 radical (unpaired) electrons. The van der Waals surface area contributed by atoms with E-state index in [2.05, 4.69) is 5.32 Å². The van der Waals surface area contributed by atoms with Crippen molar-refractivity contribution in [3.05, 3.63) is 81.0 Å². The zero-order valence-corrected chi connectivity index (χ0v) is 17.0. The van der Waals surface area contributed by atoms with Gasteiger partial charge in [0.05, 0.1) is 23.4 Å². The SMILES string of the molecule is COC(=O)C1=C(C)NC2=C(C(=O)c3ccccc32)[C@@H]1c1ccc(OCC#N)c(Cl)c1. The molecule has 2 aromatic rings. The van der Waals surface area contributed by atoms with Crippen molar-refractivity contribution in [3.8, 4) is 11.8 Å². The Morgan fingerprint density at radius 3 is 2.63 bits per heavy atom. The zero-order chi connectivity index (χ0) is 21.4. The molecule has 7 heteroatoms. The van der Waals surface area contributed by atoms with Gasteiger partial charge in [-0.2, -0.15) is 5.26 Å². The smallest absolute Gasteiger partial charge is 0.336 e. The summed E-state index contributed by atoms with van der Waals surface area (Å²) in [5.74, 6) is -0.975. The van der Waals surface area contributed by atoms with E-state index in [1.165, 1.54) is 7.11 Å². The molecule has 1 N–H and O–H groups in total. The summed E-state index contributed by atoms with van der Waals surface area (Å²) in [5.41, 5.74) is 4.15. The molecule has 0 aromatic heterocycles. The van der Waals surface area contributed by atoms with Gasteiger partial charge < -0.3 is 14.8 Å². The molecule has 0 amide bonds. The molecule has 1 aliphatic carbocycles. The molecular weight excluding hydrogens is 404 g/mol. The maximum Gasteiger partial charge on any atom is 0.336 e. The fourth-order valence-electron chi connectivity index (χ4n) is 3.97. The standard InChI is InChI=1S/C23H17ClN2O4/c1-12-18(23(28)29-2)19(13-7-8-17(16(24)11-13)30-10-9-25)20-21(26-12)14-5-3-4-6-15(14)22(20)27/h3-8,11,19,26H,10H2,1-2H3/t19-/m1/s1. The van der Waals surface area contributed by atoms with Gasteiger partial charge in [0.1, 0.15) is 11.8 Å². The quantitative estimate of drug-likeness (QED) is 0.752. The predicted octanol–water partition coefficient (Wildman–Crippen LogP) is 3.98. The number of halogens is 1. The van der Waals surface area contributed by atoms with Gasteiger partial charge in [-0.05, 0) is 24.6 Å². The number of methoxy groups -OCH3 is 1. The minimum absolute atomic E-state index is 0.137. The number of ether oxygens (including phenoxy) is 2. The van der Waals surface area contributed by atoms with E-state index < -0.39 is 11.9 Å². The van der Waals surface area contributed by atoms with Crippen molar-refractivity contribution in [2.24, 2.45) is 0 Å². The number of nitrogens with one attached hydrogen (secondary N) is 1. The van der Waals surface area contributed by atoms with Crippen LogP contribution in [0.5, 0.6) is 5.75 Å². The van der Waals surface area contributed by atoms with Crippen molar-refractivity contribution in [3.63, 3.8) is 0 Å². The number of dihydropyridines is 1. The summed E-state index contributed by atoms with van der Waals surface area (Å²) in [5, 5.41) is 12.2. The number of fused-ring (bicyclic) bond motifs is 2. The van der Waals surface area contributed by atoms with E-state index in [4.69, 9.17) is 26.3 Å². The molecule has 2 aromatic carbocycles. The van der Waals surface area contributed by atoms with E-state index in [1.54, 1.807) is 31.2 Å². The van der Waals surface area contributed by atoms with Gasteiger partial charge in [0.2, 0.25) is 0 Å². The lowest BCUT2D eigenvalue weighted by Crippen LogP contribution is -2.29. The number of benzene rings is 2. The maximum absolute atomic E-state index is 13.3. The van der Waals surface area contributed by atoms with Crippen LogP contribution in [-0.2, 0) is 9.53 Å². The average molecular weight is 421 g/mol. The number of rotatable bonds is 4. The number of carbonyl (C=O) groups excluding carboxylic acids is 2. The fourth-order valence-corrected chi connectivity index (χ4v) is 4.21. The molecule has 0 bridgehead atoms. The Labute approximate surface area is 178 Å². The highest BCUT2D eigenvalue weighted by atomic mass is 35.5. The molecule has 0 spiro atoms. The number of carbonyl (C=O) groups is 2. The summed E-state index contributed by atoms with van der Waals surface area (Å²) in [7, 11) is 1.31. The molecule has 0 fully saturated rings. The molecular formula is C23H17ClN2O4. The Morgan fingerprint density at radius 2 is 1.97 bits per heavy atom. The molecule has 0 unspecified atom stereocenters. The topological polar surface area (TPSA) is 88.4 Å². The van der Waals surface area contributed by atoms with Gasteiger partial charge in [-0.1, -0.05) is 41.9 Å². The average Bonchev–Trinajstić information content (AvgIpc) is 3.03. The van der Waals surface area contributed by atoms with Gasteiger partial charge in [0.25, 0.3) is 0 Å².